The summed E-state index contributed by atoms with van der Waals surface area (Å²) >= 11 is 0. The van der Waals surface area contributed by atoms with Crippen LogP contribution in [-0.2, 0) is 9.59 Å². The molecule has 2 amide bonds. The lowest BCUT2D eigenvalue weighted by Gasteiger charge is -2.27. The monoisotopic (exact) mass is 230 g/mol. The summed E-state index contributed by atoms with van der Waals surface area (Å²) in [7, 11) is 0. The highest BCUT2D eigenvalue weighted by atomic mass is 16.2. The van der Waals surface area contributed by atoms with Crippen molar-refractivity contribution in [1.82, 2.24) is 5.32 Å². The Hall–Kier alpha value is -2.55. The summed E-state index contributed by atoms with van der Waals surface area (Å²) in [6.07, 6.45) is 0. The highest BCUT2D eigenvalue weighted by molar-refractivity contribution is 6.02. The Labute approximate surface area is 97.6 Å². The molecule has 0 saturated carbocycles. The lowest BCUT2D eigenvalue weighted by molar-refractivity contribution is -0.130. The molecule has 1 heterocycles. The molecule has 1 aromatic carbocycles. The normalized spacial score (nSPS) is 15.4. The van der Waals surface area contributed by atoms with E-state index in [2.05, 4.69) is 5.32 Å². The van der Waals surface area contributed by atoms with E-state index in [0.29, 0.717) is 16.9 Å². The first-order valence-electron chi connectivity index (χ1n) is 4.97. The molecule has 6 heteroatoms. The summed E-state index contributed by atoms with van der Waals surface area (Å²) in [5, 5.41) is 11.1. The van der Waals surface area contributed by atoms with Crippen LogP contribution in [0.5, 0.6) is 0 Å². The van der Waals surface area contributed by atoms with Gasteiger partial charge in [0.1, 0.15) is 6.07 Å². The predicted molar refractivity (Wildman–Crippen MR) is 60.9 cm³/mol. The Kier molecular flexibility index (Phi) is 2.66. The number of hydrogen-bond donors (Lipinski definition) is 2. The molecule has 3 N–H and O–H groups in total. The molecule has 1 aliphatic rings. The first kappa shape index (κ1) is 11.0. The van der Waals surface area contributed by atoms with Crippen molar-refractivity contribution in [3.8, 4) is 6.07 Å². The predicted octanol–water partition coefficient (Wildman–Crippen LogP) is -0.397. The molecular formula is C11H10N4O2. The number of piperazine rings is 1. The second-order valence-electron chi connectivity index (χ2n) is 3.71. The van der Waals surface area contributed by atoms with Gasteiger partial charge in [-0.15, -0.1) is 0 Å². The van der Waals surface area contributed by atoms with Gasteiger partial charge < -0.3 is 10.6 Å². The summed E-state index contributed by atoms with van der Waals surface area (Å²) in [5.41, 5.74) is 6.95. The van der Waals surface area contributed by atoms with Gasteiger partial charge in [0.05, 0.1) is 18.7 Å². The number of nitrogens with one attached hydrogen (secondary N) is 1. The van der Waals surface area contributed by atoms with Gasteiger partial charge in [-0.2, -0.15) is 5.26 Å². The average molecular weight is 230 g/mol. The van der Waals surface area contributed by atoms with Crippen LogP contribution in [0.4, 0.5) is 11.4 Å². The van der Waals surface area contributed by atoms with Crippen LogP contribution >= 0.6 is 0 Å². The number of amides is 2. The van der Waals surface area contributed by atoms with Crippen LogP contribution in [-0.4, -0.2) is 24.9 Å². The van der Waals surface area contributed by atoms with E-state index in [-0.39, 0.29) is 24.9 Å². The maximum Gasteiger partial charge on any atom is 0.246 e. The summed E-state index contributed by atoms with van der Waals surface area (Å²) in [6, 6.07) is 6.80. The number of nitriles is 1. The molecular weight excluding hydrogens is 220 g/mol. The van der Waals surface area contributed by atoms with Gasteiger partial charge in [0.15, 0.2) is 0 Å². The van der Waals surface area contributed by atoms with E-state index >= 15 is 0 Å². The molecule has 1 fully saturated rings. The Morgan fingerprint density at radius 2 is 1.94 bits per heavy atom. The van der Waals surface area contributed by atoms with E-state index < -0.39 is 0 Å². The fraction of sp³-hybridized carbons (Fsp3) is 0.182. The third-order valence-corrected chi connectivity index (χ3v) is 2.47. The lowest BCUT2D eigenvalue weighted by atomic mass is 10.1. The molecule has 6 nitrogen and oxygen atoms in total. The second kappa shape index (κ2) is 4.14. The van der Waals surface area contributed by atoms with Crippen LogP contribution in [0.2, 0.25) is 0 Å². The minimum Gasteiger partial charge on any atom is -0.398 e. The summed E-state index contributed by atoms with van der Waals surface area (Å²) in [4.78, 5) is 24.0. The smallest absolute Gasteiger partial charge is 0.246 e. The van der Waals surface area contributed by atoms with Crippen LogP contribution in [0.15, 0.2) is 18.2 Å². The van der Waals surface area contributed by atoms with Crippen LogP contribution in [0, 0.1) is 11.3 Å². The number of nitrogen functional groups attached to an aromatic ring is 1. The molecule has 0 bridgehead atoms. The fourth-order valence-corrected chi connectivity index (χ4v) is 1.66. The Bertz CT molecular complexity index is 517. The molecule has 0 atom stereocenters. The zero-order valence-corrected chi connectivity index (χ0v) is 8.93. The number of benzene rings is 1. The van der Waals surface area contributed by atoms with Crippen molar-refractivity contribution < 1.29 is 9.59 Å². The van der Waals surface area contributed by atoms with Crippen molar-refractivity contribution in [3.63, 3.8) is 0 Å². The minimum absolute atomic E-state index is 0.0977. The number of carbonyl (C=O) groups is 2. The maximum atomic E-state index is 11.2. The van der Waals surface area contributed by atoms with Crippen LogP contribution in [0.1, 0.15) is 5.56 Å². The van der Waals surface area contributed by atoms with Crippen molar-refractivity contribution in [2.45, 2.75) is 0 Å². The van der Waals surface area contributed by atoms with E-state index in [1.54, 1.807) is 23.1 Å². The van der Waals surface area contributed by atoms with Gasteiger partial charge in [-0.05, 0) is 18.2 Å². The average Bonchev–Trinajstić information content (AvgIpc) is 2.28. The third kappa shape index (κ3) is 2.18. The number of nitrogens with zero attached hydrogens (tertiary/aromatic N) is 2. The van der Waals surface area contributed by atoms with E-state index in [1.165, 1.54) is 0 Å². The van der Waals surface area contributed by atoms with E-state index in [4.69, 9.17) is 11.0 Å². The van der Waals surface area contributed by atoms with Crippen LogP contribution in [0.3, 0.4) is 0 Å². The lowest BCUT2D eigenvalue weighted by Crippen LogP contribution is -2.51. The van der Waals surface area contributed by atoms with Gasteiger partial charge in [-0.25, -0.2) is 0 Å². The van der Waals surface area contributed by atoms with Crippen LogP contribution < -0.4 is 16.0 Å². The molecule has 0 aromatic heterocycles. The SMILES string of the molecule is N#Cc1cc(N2CC(=O)NC(=O)C2)ccc1N. The van der Waals surface area contributed by atoms with E-state index in [9.17, 15) is 9.59 Å². The Morgan fingerprint density at radius 3 is 2.53 bits per heavy atom. The fourth-order valence-electron chi connectivity index (χ4n) is 1.66. The zero-order valence-electron chi connectivity index (χ0n) is 8.93. The molecule has 86 valence electrons. The van der Waals surface area contributed by atoms with Crippen molar-refractivity contribution in [2.24, 2.45) is 0 Å². The molecule has 1 saturated heterocycles. The van der Waals surface area contributed by atoms with E-state index in [0.717, 1.165) is 0 Å². The molecule has 1 aromatic rings. The molecule has 0 radical (unpaired) electrons. The number of imide groups is 1. The van der Waals surface area contributed by atoms with E-state index in [1.807, 2.05) is 6.07 Å². The first-order valence-corrected chi connectivity index (χ1v) is 4.97. The molecule has 0 aliphatic carbocycles. The highest BCUT2D eigenvalue weighted by Gasteiger charge is 2.22. The van der Waals surface area contributed by atoms with Gasteiger partial charge in [-0.3, -0.25) is 14.9 Å². The summed E-state index contributed by atoms with van der Waals surface area (Å²) < 4.78 is 0. The second-order valence-corrected chi connectivity index (χ2v) is 3.71. The van der Waals surface area contributed by atoms with Gasteiger partial charge in [-0.1, -0.05) is 0 Å². The number of carbonyl (C=O) groups excluding carboxylic acids is 2. The quantitative estimate of drug-likeness (QED) is 0.505. The number of hydrogen-bond acceptors (Lipinski definition) is 5. The Balaban J connectivity index is 2.31. The first-order chi connectivity index (χ1) is 8.10. The minimum atomic E-state index is -0.350. The van der Waals surface area contributed by atoms with Crippen molar-refractivity contribution in [2.75, 3.05) is 23.7 Å². The standard InChI is InChI=1S/C11H10N4O2/c12-4-7-3-8(1-2-9(7)13)15-5-10(16)14-11(17)6-15/h1-3H,5-6,13H2,(H,14,16,17). The number of nitrogens with two attached hydrogens (primary N) is 1. The van der Waals surface area contributed by atoms with Gasteiger partial charge in [0.25, 0.3) is 0 Å². The van der Waals surface area contributed by atoms with Gasteiger partial charge >= 0.3 is 0 Å². The summed E-state index contributed by atoms with van der Waals surface area (Å²) in [6.45, 7) is 0.195. The van der Waals surface area contributed by atoms with Crippen molar-refractivity contribution in [3.05, 3.63) is 23.8 Å². The molecule has 1 aliphatic heterocycles. The van der Waals surface area contributed by atoms with Gasteiger partial charge in [0, 0.05) is 11.4 Å². The number of rotatable bonds is 1. The molecule has 17 heavy (non-hydrogen) atoms. The number of anilines is 2. The molecule has 0 spiro atoms. The third-order valence-electron chi connectivity index (χ3n) is 2.47. The molecule has 0 unspecified atom stereocenters. The largest absolute Gasteiger partial charge is 0.398 e. The Morgan fingerprint density at radius 1 is 1.29 bits per heavy atom. The topological polar surface area (TPSA) is 99.2 Å². The highest BCUT2D eigenvalue weighted by Crippen LogP contribution is 2.21. The van der Waals surface area contributed by atoms with Gasteiger partial charge in [0.2, 0.25) is 11.8 Å². The summed E-state index contributed by atoms with van der Waals surface area (Å²) in [5.74, 6) is -0.701. The maximum absolute atomic E-state index is 11.2. The molecule has 2 rings (SSSR count). The van der Waals surface area contributed by atoms with Crippen molar-refractivity contribution >= 4 is 23.2 Å². The zero-order chi connectivity index (χ0) is 12.4. The van der Waals surface area contributed by atoms with Crippen molar-refractivity contribution in [1.29, 1.82) is 5.26 Å². The van der Waals surface area contributed by atoms with Crippen LogP contribution in [0.25, 0.3) is 0 Å².